The molecule has 0 unspecified atom stereocenters. The van der Waals surface area contributed by atoms with Gasteiger partial charge in [0.2, 0.25) is 0 Å². The molecule has 2 aromatic carbocycles. The predicted molar refractivity (Wildman–Crippen MR) is 120 cm³/mol. The number of anilines is 1. The van der Waals surface area contributed by atoms with Crippen LogP contribution in [0.15, 0.2) is 41.2 Å². The smallest absolute Gasteiger partial charge is 0.272 e. The van der Waals surface area contributed by atoms with Gasteiger partial charge in [0, 0.05) is 11.8 Å². The summed E-state index contributed by atoms with van der Waals surface area (Å²) in [5.74, 6) is 0.973. The Morgan fingerprint density at radius 2 is 1.50 bits per heavy atom. The predicted octanol–water partition coefficient (Wildman–Crippen LogP) is 5.04. The summed E-state index contributed by atoms with van der Waals surface area (Å²) in [6.07, 6.45) is 0. The Labute approximate surface area is 176 Å². The minimum Gasteiger partial charge on any atom is -0.496 e. The van der Waals surface area contributed by atoms with Crippen LogP contribution in [0.2, 0.25) is 0 Å². The summed E-state index contributed by atoms with van der Waals surface area (Å²) in [7, 11) is 3.01. The third-order valence-electron chi connectivity index (χ3n) is 5.21. The van der Waals surface area contributed by atoms with Gasteiger partial charge in [-0.25, -0.2) is 0 Å². The van der Waals surface area contributed by atoms with E-state index in [2.05, 4.69) is 38.0 Å². The zero-order chi connectivity index (χ0) is 22.0. The number of fused-ring (bicyclic) bond motifs is 1. The van der Waals surface area contributed by atoms with Crippen molar-refractivity contribution in [3.05, 3.63) is 63.4 Å². The Morgan fingerprint density at radius 3 is 2.03 bits per heavy atom. The molecule has 158 valence electrons. The van der Waals surface area contributed by atoms with E-state index in [1.165, 1.54) is 20.3 Å². The number of hydrogen-bond acceptors (Lipinski definition) is 4. The number of para-hydroxylation sites is 1. The number of methoxy groups -OCH3 is 2. The van der Waals surface area contributed by atoms with Crippen LogP contribution in [0.3, 0.4) is 0 Å². The van der Waals surface area contributed by atoms with Crippen molar-refractivity contribution in [2.45, 2.75) is 39.5 Å². The highest BCUT2D eigenvalue weighted by Gasteiger charge is 2.19. The average molecular weight is 408 g/mol. The lowest BCUT2D eigenvalue weighted by Crippen LogP contribution is -2.20. The number of carbonyl (C=O) groups excluding carboxylic acids is 1. The summed E-state index contributed by atoms with van der Waals surface area (Å²) in [6, 6.07) is 10.7. The number of amides is 1. The highest BCUT2D eigenvalue weighted by Crippen LogP contribution is 2.33. The maximum atomic E-state index is 13.2. The van der Waals surface area contributed by atoms with Gasteiger partial charge in [0.1, 0.15) is 17.2 Å². The topological polar surface area (TPSA) is 80.4 Å². The third kappa shape index (κ3) is 3.90. The maximum absolute atomic E-state index is 13.2. The molecule has 0 aliphatic rings. The Hall–Kier alpha value is -3.28. The van der Waals surface area contributed by atoms with Crippen molar-refractivity contribution in [1.29, 1.82) is 0 Å². The molecule has 0 saturated heterocycles. The monoisotopic (exact) mass is 408 g/mol. The van der Waals surface area contributed by atoms with Gasteiger partial charge in [0.05, 0.1) is 25.1 Å². The molecule has 1 aromatic heterocycles. The fourth-order valence-electron chi connectivity index (χ4n) is 3.65. The fourth-order valence-corrected chi connectivity index (χ4v) is 3.65. The number of rotatable bonds is 6. The zero-order valence-electron chi connectivity index (χ0n) is 18.3. The van der Waals surface area contributed by atoms with Crippen molar-refractivity contribution in [2.24, 2.45) is 0 Å². The zero-order valence-corrected chi connectivity index (χ0v) is 18.3. The van der Waals surface area contributed by atoms with Crippen LogP contribution < -0.4 is 20.2 Å². The van der Waals surface area contributed by atoms with Crippen molar-refractivity contribution < 1.29 is 14.3 Å². The first-order chi connectivity index (χ1) is 14.3. The van der Waals surface area contributed by atoms with E-state index in [0.717, 1.165) is 16.8 Å². The first-order valence-corrected chi connectivity index (χ1v) is 10.0. The molecule has 0 radical (unpaired) electrons. The van der Waals surface area contributed by atoms with Gasteiger partial charge in [-0.1, -0.05) is 45.9 Å². The van der Waals surface area contributed by atoms with Crippen LogP contribution in [0.1, 0.15) is 61.1 Å². The number of carbonyl (C=O) groups is 1. The van der Waals surface area contributed by atoms with E-state index in [4.69, 9.17) is 9.47 Å². The Bertz CT molecular complexity index is 1120. The lowest BCUT2D eigenvalue weighted by molar-refractivity contribution is 0.102. The molecule has 0 spiro atoms. The van der Waals surface area contributed by atoms with Crippen molar-refractivity contribution in [3.63, 3.8) is 0 Å². The second-order valence-corrected chi connectivity index (χ2v) is 7.84. The summed E-state index contributed by atoms with van der Waals surface area (Å²) in [5.41, 5.74) is 3.17. The Morgan fingerprint density at radius 1 is 0.933 bits per heavy atom. The number of ether oxygens (including phenoxy) is 2. The van der Waals surface area contributed by atoms with Crippen LogP contribution in [-0.2, 0) is 0 Å². The van der Waals surface area contributed by atoms with E-state index in [1.54, 1.807) is 12.1 Å². The third-order valence-corrected chi connectivity index (χ3v) is 5.21. The van der Waals surface area contributed by atoms with Gasteiger partial charge in [0.15, 0.2) is 5.43 Å². The van der Waals surface area contributed by atoms with E-state index in [9.17, 15) is 9.59 Å². The summed E-state index contributed by atoms with van der Waals surface area (Å²) >= 11 is 0. The molecule has 0 saturated carbocycles. The lowest BCUT2D eigenvalue weighted by atomic mass is 9.92. The number of pyridine rings is 1. The Balaban J connectivity index is 2.13. The van der Waals surface area contributed by atoms with Crippen LogP contribution in [0, 0.1) is 0 Å². The minimum atomic E-state index is -0.381. The molecule has 0 aliphatic carbocycles. The molecule has 3 aromatic rings. The number of aromatic nitrogens is 1. The molecule has 0 aliphatic heterocycles. The van der Waals surface area contributed by atoms with Gasteiger partial charge in [-0.05, 0) is 35.1 Å². The fraction of sp³-hybridized carbons (Fsp3) is 0.333. The average Bonchev–Trinajstić information content (AvgIpc) is 2.72. The SMILES string of the molecule is COc1ccc(OC)c2c(=O)cc(C(=O)Nc3c(C(C)C)cccc3C(C)C)[nH]c12. The summed E-state index contributed by atoms with van der Waals surface area (Å²) in [6.45, 7) is 8.35. The van der Waals surface area contributed by atoms with E-state index >= 15 is 0 Å². The standard InChI is InChI=1S/C24H28N2O4/c1-13(2)15-8-7-9-16(14(3)4)22(15)26-24(28)17-12-18(27)21-19(29-5)10-11-20(30-6)23(21)25-17/h7-14H,1-6H3,(H,25,27)(H,26,28). The summed E-state index contributed by atoms with van der Waals surface area (Å²) in [4.78, 5) is 29.0. The molecule has 1 amide bonds. The van der Waals surface area contributed by atoms with Gasteiger partial charge in [-0.15, -0.1) is 0 Å². The number of nitrogens with one attached hydrogen (secondary N) is 2. The Kier molecular flexibility index (Phi) is 6.15. The first kappa shape index (κ1) is 21.4. The van der Waals surface area contributed by atoms with E-state index in [1.807, 2.05) is 18.2 Å². The van der Waals surface area contributed by atoms with E-state index in [-0.39, 0.29) is 28.9 Å². The second kappa shape index (κ2) is 8.61. The van der Waals surface area contributed by atoms with Crippen molar-refractivity contribution in [2.75, 3.05) is 19.5 Å². The molecular weight excluding hydrogens is 380 g/mol. The van der Waals surface area contributed by atoms with Crippen LogP contribution in [0.4, 0.5) is 5.69 Å². The van der Waals surface area contributed by atoms with Gasteiger partial charge in [-0.3, -0.25) is 9.59 Å². The van der Waals surface area contributed by atoms with Crippen molar-refractivity contribution >= 4 is 22.5 Å². The molecule has 3 rings (SSSR count). The number of aromatic amines is 1. The maximum Gasteiger partial charge on any atom is 0.272 e. The minimum absolute atomic E-state index is 0.160. The molecule has 6 nitrogen and oxygen atoms in total. The highest BCUT2D eigenvalue weighted by molar-refractivity contribution is 6.05. The molecule has 0 atom stereocenters. The summed E-state index contributed by atoms with van der Waals surface area (Å²) < 4.78 is 10.7. The molecule has 0 fully saturated rings. The van der Waals surface area contributed by atoms with E-state index < -0.39 is 0 Å². The lowest BCUT2D eigenvalue weighted by Gasteiger charge is -2.20. The summed E-state index contributed by atoms with van der Waals surface area (Å²) in [5, 5.41) is 3.38. The van der Waals surface area contributed by atoms with Crippen LogP contribution >= 0.6 is 0 Å². The van der Waals surface area contributed by atoms with Gasteiger partial charge in [0.25, 0.3) is 5.91 Å². The first-order valence-electron chi connectivity index (χ1n) is 10.0. The largest absolute Gasteiger partial charge is 0.496 e. The van der Waals surface area contributed by atoms with Crippen molar-refractivity contribution in [1.82, 2.24) is 4.98 Å². The molecule has 30 heavy (non-hydrogen) atoms. The highest BCUT2D eigenvalue weighted by atomic mass is 16.5. The van der Waals surface area contributed by atoms with Gasteiger partial charge in [-0.2, -0.15) is 0 Å². The van der Waals surface area contributed by atoms with Gasteiger partial charge < -0.3 is 19.8 Å². The number of hydrogen-bond donors (Lipinski definition) is 2. The van der Waals surface area contributed by atoms with Gasteiger partial charge >= 0.3 is 0 Å². The van der Waals surface area contributed by atoms with Crippen LogP contribution in [0.25, 0.3) is 10.9 Å². The molecular formula is C24H28N2O4. The molecule has 2 N–H and O–H groups in total. The van der Waals surface area contributed by atoms with Crippen LogP contribution in [0.5, 0.6) is 11.5 Å². The second-order valence-electron chi connectivity index (χ2n) is 7.84. The number of benzene rings is 2. The number of H-pyrrole nitrogens is 1. The molecule has 6 heteroatoms. The molecule has 0 bridgehead atoms. The quantitative estimate of drug-likeness (QED) is 0.598. The van der Waals surface area contributed by atoms with Crippen molar-refractivity contribution in [3.8, 4) is 11.5 Å². The van der Waals surface area contributed by atoms with Crippen LogP contribution in [-0.4, -0.2) is 25.1 Å². The molecule has 1 heterocycles. The normalized spacial score (nSPS) is 11.2. The van der Waals surface area contributed by atoms with E-state index in [0.29, 0.717) is 22.4 Å².